The van der Waals surface area contributed by atoms with Crippen LogP contribution in [0.15, 0.2) is 18.2 Å². The Labute approximate surface area is 92.1 Å². The van der Waals surface area contributed by atoms with Gasteiger partial charge in [0.1, 0.15) is 11.5 Å². The predicted octanol–water partition coefficient (Wildman–Crippen LogP) is 0.541. The third-order valence-electron chi connectivity index (χ3n) is 3.13. The Balaban J connectivity index is 2.48. The molecule has 5 N–H and O–H groups in total. The van der Waals surface area contributed by atoms with Crippen LogP contribution in [0.3, 0.4) is 0 Å². The van der Waals surface area contributed by atoms with Gasteiger partial charge in [0.2, 0.25) is 0 Å². The van der Waals surface area contributed by atoms with Crippen LogP contribution in [-0.4, -0.2) is 27.3 Å². The maximum absolute atomic E-state index is 11.3. The Morgan fingerprint density at radius 3 is 2.50 bits per heavy atom. The molecule has 5 heteroatoms. The first-order valence-corrected chi connectivity index (χ1v) is 4.97. The molecule has 1 fully saturated rings. The summed E-state index contributed by atoms with van der Waals surface area (Å²) in [7, 11) is 0. The zero-order valence-electron chi connectivity index (χ0n) is 8.55. The molecule has 0 unspecified atom stereocenters. The number of nitrogens with two attached hydrogens (primary N) is 1. The van der Waals surface area contributed by atoms with E-state index >= 15 is 0 Å². The molecule has 1 aliphatic carbocycles. The molecular weight excluding hydrogens is 210 g/mol. The van der Waals surface area contributed by atoms with Crippen LogP contribution in [0.4, 0.5) is 0 Å². The van der Waals surface area contributed by atoms with Crippen LogP contribution in [0.5, 0.6) is 11.5 Å². The third kappa shape index (κ3) is 1.40. The molecule has 0 aromatic heterocycles. The lowest BCUT2D eigenvalue weighted by molar-refractivity contribution is -0.148. The lowest BCUT2D eigenvalue weighted by Gasteiger charge is -2.43. The van der Waals surface area contributed by atoms with E-state index in [-0.39, 0.29) is 35.9 Å². The van der Waals surface area contributed by atoms with E-state index in [0.717, 1.165) is 0 Å². The Morgan fingerprint density at radius 2 is 2.00 bits per heavy atom. The van der Waals surface area contributed by atoms with Crippen molar-refractivity contribution in [3.05, 3.63) is 23.8 Å². The van der Waals surface area contributed by atoms with Crippen molar-refractivity contribution in [1.29, 1.82) is 0 Å². The van der Waals surface area contributed by atoms with Crippen molar-refractivity contribution in [2.45, 2.75) is 24.3 Å². The minimum atomic E-state index is -1.15. The molecule has 1 aliphatic rings. The van der Waals surface area contributed by atoms with E-state index in [1.54, 1.807) is 0 Å². The molecule has 0 bridgehead atoms. The Kier molecular flexibility index (Phi) is 2.27. The van der Waals surface area contributed by atoms with Crippen molar-refractivity contribution >= 4 is 5.97 Å². The van der Waals surface area contributed by atoms with Crippen molar-refractivity contribution in [3.63, 3.8) is 0 Å². The molecule has 16 heavy (non-hydrogen) atoms. The fraction of sp³-hybridized carbons (Fsp3) is 0.364. The van der Waals surface area contributed by atoms with Crippen molar-refractivity contribution in [1.82, 2.24) is 0 Å². The van der Waals surface area contributed by atoms with Gasteiger partial charge in [0.15, 0.2) is 0 Å². The summed E-state index contributed by atoms with van der Waals surface area (Å²) >= 11 is 0. The van der Waals surface area contributed by atoms with Gasteiger partial charge in [-0.1, -0.05) is 0 Å². The second-order valence-corrected chi connectivity index (χ2v) is 4.26. The number of carbonyl (C=O) groups is 1. The average Bonchev–Trinajstić information content (AvgIpc) is 2.16. The van der Waals surface area contributed by atoms with E-state index in [0.29, 0.717) is 0 Å². The monoisotopic (exact) mass is 223 g/mol. The minimum absolute atomic E-state index is 0.0612. The lowest BCUT2D eigenvalue weighted by atomic mass is 9.61. The Bertz CT molecular complexity index is 438. The number of aromatic hydroxyl groups is 2. The Morgan fingerprint density at radius 1 is 1.38 bits per heavy atom. The van der Waals surface area contributed by atoms with Crippen LogP contribution < -0.4 is 5.73 Å². The molecule has 0 spiro atoms. The smallest absolute Gasteiger partial charge is 0.314 e. The molecule has 2 rings (SSSR count). The highest BCUT2D eigenvalue weighted by molar-refractivity contribution is 5.84. The van der Waals surface area contributed by atoms with Gasteiger partial charge >= 0.3 is 5.97 Å². The molecule has 0 aliphatic heterocycles. The molecule has 1 saturated carbocycles. The van der Waals surface area contributed by atoms with Gasteiger partial charge in [0, 0.05) is 11.6 Å². The van der Waals surface area contributed by atoms with Crippen LogP contribution in [0.25, 0.3) is 0 Å². The molecule has 0 atom stereocenters. The van der Waals surface area contributed by atoms with Gasteiger partial charge in [-0.3, -0.25) is 4.79 Å². The second kappa shape index (κ2) is 3.38. The fourth-order valence-corrected chi connectivity index (χ4v) is 2.25. The molecule has 86 valence electrons. The summed E-state index contributed by atoms with van der Waals surface area (Å²) in [5.74, 6) is -1.20. The number of benzene rings is 1. The number of rotatable bonds is 2. The van der Waals surface area contributed by atoms with Crippen LogP contribution in [0.2, 0.25) is 0 Å². The number of aliphatic carboxylic acids is 1. The zero-order valence-corrected chi connectivity index (χ0v) is 8.55. The van der Waals surface area contributed by atoms with E-state index in [9.17, 15) is 20.1 Å². The number of phenolic OH excluding ortho intramolecular Hbond substituents is 2. The van der Waals surface area contributed by atoms with Gasteiger partial charge in [0.05, 0.1) is 5.41 Å². The highest BCUT2D eigenvalue weighted by atomic mass is 16.4. The van der Waals surface area contributed by atoms with Gasteiger partial charge in [-0.2, -0.15) is 0 Å². The molecule has 1 aromatic carbocycles. The van der Waals surface area contributed by atoms with Gasteiger partial charge in [-0.25, -0.2) is 0 Å². The van der Waals surface area contributed by atoms with E-state index in [4.69, 9.17) is 5.73 Å². The number of phenols is 2. The van der Waals surface area contributed by atoms with Gasteiger partial charge in [0.25, 0.3) is 0 Å². The van der Waals surface area contributed by atoms with Crippen molar-refractivity contribution in [2.24, 2.45) is 5.73 Å². The topological polar surface area (TPSA) is 104 Å². The van der Waals surface area contributed by atoms with Gasteiger partial charge < -0.3 is 21.1 Å². The summed E-state index contributed by atoms with van der Waals surface area (Å²) in [4.78, 5) is 11.3. The van der Waals surface area contributed by atoms with Crippen molar-refractivity contribution in [3.8, 4) is 11.5 Å². The maximum Gasteiger partial charge on any atom is 0.314 e. The van der Waals surface area contributed by atoms with Gasteiger partial charge in [-0.15, -0.1) is 0 Å². The number of carboxylic acids is 1. The summed E-state index contributed by atoms with van der Waals surface area (Å²) in [6, 6.07) is 3.72. The number of hydrogen-bond acceptors (Lipinski definition) is 4. The third-order valence-corrected chi connectivity index (χ3v) is 3.13. The van der Waals surface area contributed by atoms with E-state index in [2.05, 4.69) is 0 Å². The van der Waals surface area contributed by atoms with Crippen molar-refractivity contribution in [2.75, 3.05) is 0 Å². The standard InChI is InChI=1S/C11H13NO4/c12-6-4-11(5-6,10(15)16)8-3-7(13)1-2-9(8)14/h1-3,6,13-14H,4-5,12H2,(H,15,16). The summed E-state index contributed by atoms with van der Waals surface area (Å²) in [5.41, 5.74) is 4.70. The largest absolute Gasteiger partial charge is 0.508 e. The summed E-state index contributed by atoms with van der Waals surface area (Å²) in [6.07, 6.45) is 0.554. The zero-order chi connectivity index (χ0) is 11.9. The maximum atomic E-state index is 11.3. The lowest BCUT2D eigenvalue weighted by Crippen LogP contribution is -2.54. The molecule has 0 heterocycles. The molecule has 0 amide bonds. The average molecular weight is 223 g/mol. The second-order valence-electron chi connectivity index (χ2n) is 4.26. The highest BCUT2D eigenvalue weighted by Gasteiger charge is 2.51. The summed E-state index contributed by atoms with van der Waals surface area (Å²) in [6.45, 7) is 0. The fourth-order valence-electron chi connectivity index (χ4n) is 2.25. The normalized spacial score (nSPS) is 28.4. The van der Waals surface area contributed by atoms with Crippen LogP contribution in [-0.2, 0) is 10.2 Å². The molecule has 1 aromatic rings. The first kappa shape index (κ1) is 10.8. The van der Waals surface area contributed by atoms with Crippen LogP contribution in [0, 0.1) is 0 Å². The first-order chi connectivity index (χ1) is 7.45. The first-order valence-electron chi connectivity index (χ1n) is 4.97. The number of carboxylic acid groups (broad SMARTS) is 1. The van der Waals surface area contributed by atoms with E-state index < -0.39 is 11.4 Å². The summed E-state index contributed by atoms with van der Waals surface area (Å²) in [5, 5.41) is 28.2. The summed E-state index contributed by atoms with van der Waals surface area (Å²) < 4.78 is 0. The van der Waals surface area contributed by atoms with Crippen molar-refractivity contribution < 1.29 is 20.1 Å². The Hall–Kier alpha value is -1.75. The predicted molar refractivity (Wildman–Crippen MR) is 56.3 cm³/mol. The molecular formula is C11H13NO4. The molecule has 5 nitrogen and oxygen atoms in total. The van der Waals surface area contributed by atoms with Gasteiger partial charge in [-0.05, 0) is 31.0 Å². The minimum Gasteiger partial charge on any atom is -0.508 e. The molecule has 0 saturated heterocycles. The van der Waals surface area contributed by atoms with Crippen LogP contribution >= 0.6 is 0 Å². The van der Waals surface area contributed by atoms with E-state index in [1.165, 1.54) is 18.2 Å². The molecule has 0 radical (unpaired) electrons. The quantitative estimate of drug-likeness (QED) is 0.548. The number of hydrogen-bond donors (Lipinski definition) is 4. The van der Waals surface area contributed by atoms with E-state index in [1.807, 2.05) is 0 Å². The highest BCUT2D eigenvalue weighted by Crippen LogP contribution is 2.47. The van der Waals surface area contributed by atoms with Crippen LogP contribution in [0.1, 0.15) is 18.4 Å². The SMILES string of the molecule is NC1CC(C(=O)O)(c2cc(O)ccc2O)C1.